The number of hydrogen-bond acceptors (Lipinski definition) is 6. The third-order valence-electron chi connectivity index (χ3n) is 3.39. The fourth-order valence-corrected chi connectivity index (χ4v) is 4.04. The first kappa shape index (κ1) is 9.83. The first-order valence-electron chi connectivity index (χ1n) is 5.08. The summed E-state index contributed by atoms with van der Waals surface area (Å²) in [5.41, 5.74) is 5.55. The zero-order valence-corrected chi connectivity index (χ0v) is 9.44. The van der Waals surface area contributed by atoms with Crippen LogP contribution in [-0.4, -0.2) is 42.0 Å². The van der Waals surface area contributed by atoms with Crippen molar-refractivity contribution in [2.75, 3.05) is 29.5 Å². The normalized spacial score (nSPS) is 24.9. The van der Waals surface area contributed by atoms with Crippen LogP contribution in [-0.2, 0) is 9.84 Å². The van der Waals surface area contributed by atoms with Gasteiger partial charge in [0.2, 0.25) is 5.95 Å². The molecular weight excluding hydrogens is 228 g/mol. The highest BCUT2D eigenvalue weighted by molar-refractivity contribution is 7.94. The minimum atomic E-state index is -2.86. The fraction of sp³-hybridized carbons (Fsp3) is 0.556. The number of aromatic nitrogens is 2. The van der Waals surface area contributed by atoms with Crippen LogP contribution in [0.2, 0.25) is 0 Å². The SMILES string of the molecule is Nc1ccnc(N2CC3(CCS3(=O)=O)C2)n1. The van der Waals surface area contributed by atoms with Crippen molar-refractivity contribution in [1.29, 1.82) is 0 Å². The Bertz CT molecular complexity index is 536. The predicted octanol–water partition coefficient (Wildman–Crippen LogP) is -0.564. The van der Waals surface area contributed by atoms with Crippen LogP contribution in [0.3, 0.4) is 0 Å². The highest BCUT2D eigenvalue weighted by atomic mass is 32.2. The molecule has 0 atom stereocenters. The quantitative estimate of drug-likeness (QED) is 0.707. The molecule has 16 heavy (non-hydrogen) atoms. The molecule has 0 aromatic carbocycles. The number of anilines is 2. The van der Waals surface area contributed by atoms with Gasteiger partial charge in [0, 0.05) is 19.3 Å². The van der Waals surface area contributed by atoms with Gasteiger partial charge in [0.25, 0.3) is 0 Å². The van der Waals surface area contributed by atoms with Gasteiger partial charge in [0.1, 0.15) is 10.6 Å². The van der Waals surface area contributed by atoms with Crippen LogP contribution in [0.25, 0.3) is 0 Å². The van der Waals surface area contributed by atoms with E-state index in [1.807, 2.05) is 4.90 Å². The summed E-state index contributed by atoms with van der Waals surface area (Å²) in [5, 5.41) is 0. The maximum Gasteiger partial charge on any atom is 0.227 e. The Morgan fingerprint density at radius 1 is 1.44 bits per heavy atom. The third kappa shape index (κ3) is 1.14. The number of sulfone groups is 1. The summed E-state index contributed by atoms with van der Waals surface area (Å²) < 4.78 is 22.6. The fourth-order valence-electron chi connectivity index (χ4n) is 2.22. The molecule has 0 bridgehead atoms. The van der Waals surface area contributed by atoms with Gasteiger partial charge >= 0.3 is 0 Å². The molecule has 3 heterocycles. The van der Waals surface area contributed by atoms with Crippen molar-refractivity contribution in [2.45, 2.75) is 11.2 Å². The van der Waals surface area contributed by atoms with Crippen molar-refractivity contribution in [3.8, 4) is 0 Å². The highest BCUT2D eigenvalue weighted by Crippen LogP contribution is 2.42. The Balaban J connectivity index is 1.79. The highest BCUT2D eigenvalue weighted by Gasteiger charge is 2.60. The van der Waals surface area contributed by atoms with Gasteiger partial charge in [-0.3, -0.25) is 0 Å². The maximum atomic E-state index is 11.6. The lowest BCUT2D eigenvalue weighted by Crippen LogP contribution is -2.72. The Kier molecular flexibility index (Phi) is 1.75. The number of nitrogen functional groups attached to an aromatic ring is 1. The molecule has 0 unspecified atom stereocenters. The van der Waals surface area contributed by atoms with E-state index in [4.69, 9.17) is 5.73 Å². The van der Waals surface area contributed by atoms with Crippen molar-refractivity contribution in [2.24, 2.45) is 0 Å². The Morgan fingerprint density at radius 2 is 2.19 bits per heavy atom. The molecule has 0 aliphatic carbocycles. The van der Waals surface area contributed by atoms with E-state index < -0.39 is 14.6 Å². The van der Waals surface area contributed by atoms with Crippen LogP contribution in [0.15, 0.2) is 12.3 Å². The lowest BCUT2D eigenvalue weighted by Gasteiger charge is -2.54. The molecule has 7 heteroatoms. The average molecular weight is 240 g/mol. The Labute approximate surface area is 93.4 Å². The van der Waals surface area contributed by atoms with Gasteiger partial charge < -0.3 is 10.6 Å². The number of hydrogen-bond donors (Lipinski definition) is 1. The second-order valence-corrected chi connectivity index (χ2v) is 6.89. The lowest BCUT2D eigenvalue weighted by molar-refractivity contribution is 0.370. The molecule has 2 aliphatic rings. The van der Waals surface area contributed by atoms with Crippen molar-refractivity contribution in [3.05, 3.63) is 12.3 Å². The molecule has 2 N–H and O–H groups in total. The van der Waals surface area contributed by atoms with E-state index in [9.17, 15) is 8.42 Å². The molecule has 1 aromatic rings. The second kappa shape index (κ2) is 2.85. The summed E-state index contributed by atoms with van der Waals surface area (Å²) >= 11 is 0. The van der Waals surface area contributed by atoms with E-state index in [-0.39, 0.29) is 0 Å². The van der Waals surface area contributed by atoms with E-state index in [0.29, 0.717) is 30.6 Å². The van der Waals surface area contributed by atoms with Crippen LogP contribution in [0.1, 0.15) is 6.42 Å². The molecule has 3 rings (SSSR count). The van der Waals surface area contributed by atoms with E-state index in [1.54, 1.807) is 12.3 Å². The van der Waals surface area contributed by atoms with E-state index in [0.717, 1.165) is 6.42 Å². The molecule has 2 aliphatic heterocycles. The summed E-state index contributed by atoms with van der Waals surface area (Å²) in [5.74, 6) is 1.24. The van der Waals surface area contributed by atoms with Crippen LogP contribution in [0.4, 0.5) is 11.8 Å². The summed E-state index contributed by atoms with van der Waals surface area (Å²) in [6.45, 7) is 0.998. The zero-order chi connectivity index (χ0) is 11.4. The van der Waals surface area contributed by atoms with Gasteiger partial charge in [-0.15, -0.1) is 0 Å². The summed E-state index contributed by atoms with van der Waals surface area (Å²) in [4.78, 5) is 9.99. The molecule has 1 aromatic heterocycles. The van der Waals surface area contributed by atoms with Crippen LogP contribution < -0.4 is 10.6 Å². The Hall–Kier alpha value is -1.37. The van der Waals surface area contributed by atoms with Gasteiger partial charge in [0.15, 0.2) is 9.84 Å². The molecule has 0 radical (unpaired) electrons. The molecule has 0 amide bonds. The zero-order valence-electron chi connectivity index (χ0n) is 8.63. The minimum Gasteiger partial charge on any atom is -0.384 e. The van der Waals surface area contributed by atoms with Crippen molar-refractivity contribution in [1.82, 2.24) is 9.97 Å². The summed E-state index contributed by atoms with van der Waals surface area (Å²) in [6.07, 6.45) is 2.34. The largest absolute Gasteiger partial charge is 0.384 e. The topological polar surface area (TPSA) is 89.2 Å². The van der Waals surface area contributed by atoms with Gasteiger partial charge in [-0.1, -0.05) is 0 Å². The van der Waals surface area contributed by atoms with Crippen LogP contribution in [0, 0.1) is 0 Å². The second-order valence-electron chi connectivity index (χ2n) is 4.39. The predicted molar refractivity (Wildman–Crippen MR) is 59.8 cm³/mol. The van der Waals surface area contributed by atoms with Crippen molar-refractivity contribution >= 4 is 21.6 Å². The average Bonchev–Trinajstić information content (AvgIpc) is 2.14. The standard InChI is InChI=1S/C9H12N4O2S/c10-7-1-3-11-8(12-7)13-5-9(6-13)2-4-16(9,14)15/h1,3H,2,4-6H2,(H2,10,11,12). The molecule has 86 valence electrons. The maximum absolute atomic E-state index is 11.6. The van der Waals surface area contributed by atoms with Crippen LogP contribution >= 0.6 is 0 Å². The summed E-state index contributed by atoms with van der Waals surface area (Å²) in [7, 11) is -2.86. The number of rotatable bonds is 1. The minimum absolute atomic E-state index is 0.318. The van der Waals surface area contributed by atoms with E-state index in [2.05, 4.69) is 9.97 Å². The van der Waals surface area contributed by atoms with Gasteiger partial charge in [-0.05, 0) is 12.5 Å². The Morgan fingerprint density at radius 3 is 2.69 bits per heavy atom. The van der Waals surface area contributed by atoms with Crippen LogP contribution in [0.5, 0.6) is 0 Å². The molecule has 2 fully saturated rings. The molecular formula is C9H12N4O2S. The molecule has 1 spiro atoms. The number of nitrogens with two attached hydrogens (primary N) is 1. The first-order valence-corrected chi connectivity index (χ1v) is 6.73. The number of nitrogens with zero attached hydrogens (tertiary/aromatic N) is 3. The van der Waals surface area contributed by atoms with Gasteiger partial charge in [-0.2, -0.15) is 4.98 Å². The third-order valence-corrected chi connectivity index (χ3v) is 5.91. The van der Waals surface area contributed by atoms with Gasteiger partial charge in [-0.25, -0.2) is 13.4 Å². The van der Waals surface area contributed by atoms with E-state index >= 15 is 0 Å². The molecule has 2 saturated heterocycles. The van der Waals surface area contributed by atoms with E-state index in [1.165, 1.54) is 0 Å². The van der Waals surface area contributed by atoms with Crippen molar-refractivity contribution < 1.29 is 8.42 Å². The summed E-state index contributed by atoms with van der Waals surface area (Å²) in [6, 6.07) is 1.61. The smallest absolute Gasteiger partial charge is 0.227 e. The monoisotopic (exact) mass is 240 g/mol. The lowest BCUT2D eigenvalue weighted by atomic mass is 9.95. The molecule has 0 saturated carbocycles. The van der Waals surface area contributed by atoms with Gasteiger partial charge in [0.05, 0.1) is 5.75 Å². The van der Waals surface area contributed by atoms with Crippen molar-refractivity contribution in [3.63, 3.8) is 0 Å². The first-order chi connectivity index (χ1) is 7.52. The molecule has 6 nitrogen and oxygen atoms in total.